The summed E-state index contributed by atoms with van der Waals surface area (Å²) in [6, 6.07) is 0. The van der Waals surface area contributed by atoms with Crippen molar-refractivity contribution < 1.29 is 4.79 Å². The Hall–Kier alpha value is -0.330. The number of ketones is 1. The van der Waals surface area contributed by atoms with Gasteiger partial charge < -0.3 is 0 Å². The summed E-state index contributed by atoms with van der Waals surface area (Å²) >= 11 is 0. The van der Waals surface area contributed by atoms with Gasteiger partial charge in [-0.15, -0.1) is 0 Å². The molecule has 1 heteroatoms. The summed E-state index contributed by atoms with van der Waals surface area (Å²) in [4.78, 5) is 12.7. The first kappa shape index (κ1) is 22.5. The van der Waals surface area contributed by atoms with Crippen LogP contribution in [-0.2, 0) is 4.79 Å². The molecule has 0 amide bonds. The molecule has 0 aromatic rings. The number of carbonyl (C=O) groups excluding carboxylic acids is 1. The van der Waals surface area contributed by atoms with Crippen LogP contribution in [0.2, 0.25) is 0 Å². The molecule has 0 heterocycles. The maximum Gasteiger partial charge on any atom is 0.136 e. The highest BCUT2D eigenvalue weighted by Gasteiger charge is 2.70. The Kier molecular flexibility index (Phi) is 4.65. The first-order chi connectivity index (χ1) is 14.2. The van der Waals surface area contributed by atoms with Gasteiger partial charge in [0.15, 0.2) is 0 Å². The molecule has 0 aromatic carbocycles. The maximum atomic E-state index is 12.7. The summed E-state index contributed by atoms with van der Waals surface area (Å²) < 4.78 is 0. The molecule has 9 atom stereocenters. The van der Waals surface area contributed by atoms with Gasteiger partial charge in [0, 0.05) is 12.3 Å². The Morgan fingerprint density at radius 3 is 1.97 bits per heavy atom. The molecule has 0 saturated heterocycles. The molecule has 0 unspecified atom stereocenters. The molecule has 0 radical (unpaired) electrons. The van der Waals surface area contributed by atoms with E-state index in [-0.39, 0.29) is 11.3 Å². The van der Waals surface area contributed by atoms with Gasteiger partial charge in [0.2, 0.25) is 0 Å². The van der Waals surface area contributed by atoms with E-state index in [9.17, 15) is 4.79 Å². The van der Waals surface area contributed by atoms with Crippen molar-refractivity contribution in [3.8, 4) is 0 Å². The minimum Gasteiger partial charge on any atom is -0.299 e. The maximum absolute atomic E-state index is 12.7. The number of carbonyl (C=O) groups is 1. The average molecular weight is 427 g/mol. The van der Waals surface area contributed by atoms with E-state index < -0.39 is 0 Å². The summed E-state index contributed by atoms with van der Waals surface area (Å²) in [6.07, 6.45) is 14.6. The second kappa shape index (κ2) is 6.41. The average Bonchev–Trinajstić information content (AvgIpc) is 2.69. The Bertz CT molecular complexity index is 781. The van der Waals surface area contributed by atoms with Crippen molar-refractivity contribution in [3.63, 3.8) is 0 Å². The summed E-state index contributed by atoms with van der Waals surface area (Å²) in [5.41, 5.74) is 2.67. The van der Waals surface area contributed by atoms with Gasteiger partial charge in [0.25, 0.3) is 0 Å². The number of hydrogen-bond acceptors (Lipinski definition) is 1. The smallest absolute Gasteiger partial charge is 0.136 e. The van der Waals surface area contributed by atoms with Crippen molar-refractivity contribution in [1.82, 2.24) is 0 Å². The van der Waals surface area contributed by atoms with E-state index in [1.807, 2.05) is 0 Å². The fourth-order valence-electron chi connectivity index (χ4n) is 11.2. The van der Waals surface area contributed by atoms with Gasteiger partial charge in [-0.2, -0.15) is 0 Å². The van der Waals surface area contributed by atoms with Crippen LogP contribution in [0.4, 0.5) is 0 Å². The lowest BCUT2D eigenvalue weighted by atomic mass is 9.30. The van der Waals surface area contributed by atoms with Crippen LogP contribution in [0.25, 0.3) is 0 Å². The van der Waals surface area contributed by atoms with E-state index in [0.29, 0.717) is 32.9 Å². The minimum atomic E-state index is 0.237. The molecule has 0 bridgehead atoms. The summed E-state index contributed by atoms with van der Waals surface area (Å²) in [5.74, 6) is 3.27. The molecule has 0 spiro atoms. The third-order valence-corrected chi connectivity index (χ3v) is 13.7. The molecule has 176 valence electrons. The quantitative estimate of drug-likeness (QED) is 0.379. The molecule has 0 aliphatic heterocycles. The van der Waals surface area contributed by atoms with Gasteiger partial charge in [-0.05, 0) is 114 Å². The molecule has 5 aliphatic rings. The van der Waals surface area contributed by atoms with Crippen LogP contribution < -0.4 is 0 Å². The fourth-order valence-corrected chi connectivity index (χ4v) is 11.2. The number of Topliss-reactive ketones (excluding diaryl/α,β-unsaturated/α-hetero) is 1. The second-order valence-electron chi connectivity index (χ2n) is 15.3. The van der Waals surface area contributed by atoms with Crippen molar-refractivity contribution in [2.75, 3.05) is 0 Å². The second-order valence-corrected chi connectivity index (χ2v) is 15.3. The minimum absolute atomic E-state index is 0.237. The van der Waals surface area contributed by atoms with Crippen LogP contribution in [0.1, 0.15) is 126 Å². The van der Waals surface area contributed by atoms with Crippen LogP contribution in [0.3, 0.4) is 0 Å². The molecule has 5 aliphatic carbocycles. The van der Waals surface area contributed by atoms with Crippen LogP contribution in [0.5, 0.6) is 0 Å². The SMILES string of the molecule is C[C@@H]1C(=O)CC[C@@H]2[C@]1(C)CC[C@@H]1[C@]2(C)CC[C@]2(C)[C@@H]3CC(C)(C)CC[C@]3(C)CC[C@]12C. The Balaban J connectivity index is 1.55. The van der Waals surface area contributed by atoms with E-state index >= 15 is 0 Å². The van der Waals surface area contributed by atoms with Gasteiger partial charge in [0.1, 0.15) is 5.78 Å². The normalized spacial score (nSPS) is 58.5. The van der Waals surface area contributed by atoms with E-state index in [1.165, 1.54) is 57.8 Å². The van der Waals surface area contributed by atoms with Crippen molar-refractivity contribution in [2.24, 2.45) is 56.2 Å². The lowest BCUT2D eigenvalue weighted by Crippen LogP contribution is -2.67. The highest BCUT2D eigenvalue weighted by atomic mass is 16.1. The van der Waals surface area contributed by atoms with E-state index in [1.54, 1.807) is 0 Å². The largest absolute Gasteiger partial charge is 0.299 e. The lowest BCUT2D eigenvalue weighted by Gasteiger charge is -2.74. The van der Waals surface area contributed by atoms with Crippen molar-refractivity contribution >= 4 is 5.78 Å². The highest BCUT2D eigenvalue weighted by Crippen LogP contribution is 2.78. The van der Waals surface area contributed by atoms with Crippen LogP contribution in [-0.4, -0.2) is 5.78 Å². The van der Waals surface area contributed by atoms with Gasteiger partial charge in [-0.25, -0.2) is 0 Å². The third-order valence-electron chi connectivity index (χ3n) is 13.7. The summed E-state index contributed by atoms with van der Waals surface area (Å²) in [5, 5.41) is 0. The Morgan fingerprint density at radius 1 is 0.645 bits per heavy atom. The molecule has 31 heavy (non-hydrogen) atoms. The lowest BCUT2D eigenvalue weighted by molar-refractivity contribution is -0.256. The zero-order valence-electron chi connectivity index (χ0n) is 22.0. The summed E-state index contributed by atoms with van der Waals surface area (Å²) in [7, 11) is 0. The Morgan fingerprint density at radius 2 is 1.26 bits per heavy atom. The first-order valence-corrected chi connectivity index (χ1v) is 13.7. The number of rotatable bonds is 0. The molecular formula is C30H50O. The molecular weight excluding hydrogens is 376 g/mol. The molecule has 5 rings (SSSR count). The van der Waals surface area contributed by atoms with E-state index in [4.69, 9.17) is 0 Å². The van der Waals surface area contributed by atoms with E-state index in [2.05, 4.69) is 55.4 Å². The topological polar surface area (TPSA) is 17.1 Å². The molecule has 0 N–H and O–H groups in total. The van der Waals surface area contributed by atoms with Crippen molar-refractivity contribution in [1.29, 1.82) is 0 Å². The Labute approximate surface area is 192 Å². The standard InChI is InChI=1S/C30H50O/c1-20-21(31)9-10-22-27(20,5)12-11-23-28(22,6)16-18-30(8)24-19-25(2,3)13-14-26(24,4)15-17-29(23,30)7/h20,22-24H,9-19H2,1-8H3/t20-,22-,23-,24-,26-,27-,28-,29-,30-/m1/s1. The predicted molar refractivity (Wildman–Crippen MR) is 130 cm³/mol. The number of fused-ring (bicyclic) bond motifs is 7. The van der Waals surface area contributed by atoms with Gasteiger partial charge in [-0.1, -0.05) is 55.4 Å². The molecule has 5 saturated carbocycles. The fraction of sp³-hybridized carbons (Fsp3) is 0.967. The van der Waals surface area contributed by atoms with Crippen LogP contribution in [0.15, 0.2) is 0 Å². The van der Waals surface area contributed by atoms with Gasteiger partial charge in [0.05, 0.1) is 0 Å². The van der Waals surface area contributed by atoms with Crippen molar-refractivity contribution in [3.05, 3.63) is 0 Å². The number of hydrogen-bond donors (Lipinski definition) is 0. The molecule has 5 fully saturated rings. The molecule has 0 aromatic heterocycles. The third kappa shape index (κ3) is 2.70. The monoisotopic (exact) mass is 426 g/mol. The predicted octanol–water partition coefficient (Wildman–Crippen LogP) is 8.46. The zero-order chi connectivity index (χ0) is 22.7. The first-order valence-electron chi connectivity index (χ1n) is 13.7. The molecule has 1 nitrogen and oxygen atoms in total. The van der Waals surface area contributed by atoms with Gasteiger partial charge >= 0.3 is 0 Å². The van der Waals surface area contributed by atoms with E-state index in [0.717, 1.165) is 30.6 Å². The van der Waals surface area contributed by atoms with Crippen molar-refractivity contribution in [2.45, 2.75) is 126 Å². The van der Waals surface area contributed by atoms with Crippen LogP contribution >= 0.6 is 0 Å². The zero-order valence-corrected chi connectivity index (χ0v) is 22.0. The summed E-state index contributed by atoms with van der Waals surface area (Å²) in [6.45, 7) is 20.7. The van der Waals surface area contributed by atoms with Gasteiger partial charge in [-0.3, -0.25) is 4.79 Å². The van der Waals surface area contributed by atoms with Crippen LogP contribution in [0, 0.1) is 56.2 Å². The highest BCUT2D eigenvalue weighted by molar-refractivity contribution is 5.82.